The van der Waals surface area contributed by atoms with E-state index in [-0.39, 0.29) is 51.4 Å². The van der Waals surface area contributed by atoms with E-state index in [1.807, 2.05) is 0 Å². The van der Waals surface area contributed by atoms with Gasteiger partial charge < -0.3 is 4.90 Å². The van der Waals surface area contributed by atoms with Gasteiger partial charge in [0.15, 0.2) is 0 Å². The van der Waals surface area contributed by atoms with Gasteiger partial charge in [-0.2, -0.15) is 0 Å². The van der Waals surface area contributed by atoms with Crippen molar-refractivity contribution in [1.29, 1.82) is 0 Å². The summed E-state index contributed by atoms with van der Waals surface area (Å²) >= 11 is 0. The first-order chi connectivity index (χ1) is 5.33. The number of likely N-dealkylation sites (tertiary alicyclic amines) is 1. The first kappa shape index (κ1) is 13.2. The zero-order valence-corrected chi connectivity index (χ0v) is 11.2. The Morgan fingerprint density at radius 3 is 2.50 bits per heavy atom. The minimum Gasteiger partial charge on any atom is -0.459 e. The fraction of sp³-hybridized carbons (Fsp3) is 0.700. The van der Waals surface area contributed by atoms with Gasteiger partial charge in [0.25, 0.3) is 0 Å². The third kappa shape index (κ3) is 5.01. The van der Waals surface area contributed by atoms with Gasteiger partial charge in [-0.3, -0.25) is 7.05 Å². The fourth-order valence-corrected chi connectivity index (χ4v) is 1.56. The second-order valence-corrected chi connectivity index (χ2v) is 3.30. The van der Waals surface area contributed by atoms with Crippen LogP contribution >= 0.6 is 0 Å². The molecule has 0 amide bonds. The Hall–Kier alpha value is 1.16. The van der Waals surface area contributed by atoms with Crippen LogP contribution < -0.4 is 51.4 Å². The van der Waals surface area contributed by atoms with Crippen molar-refractivity contribution in [1.82, 2.24) is 4.90 Å². The molecule has 0 radical (unpaired) electrons. The summed E-state index contributed by atoms with van der Waals surface area (Å²) in [6.45, 7) is 2.30. The molecule has 62 valence electrons. The Bertz CT molecular complexity index is 142. The summed E-state index contributed by atoms with van der Waals surface area (Å²) in [4.78, 5) is 2.15. The van der Waals surface area contributed by atoms with Crippen LogP contribution in [-0.4, -0.2) is 18.0 Å². The van der Waals surface area contributed by atoms with Crippen molar-refractivity contribution < 1.29 is 51.4 Å². The molecule has 1 aliphatic heterocycles. The zero-order valence-electron chi connectivity index (χ0n) is 8.05. The van der Waals surface area contributed by atoms with Gasteiger partial charge in [0.1, 0.15) is 0 Å². The molecule has 0 aliphatic carbocycles. The minimum absolute atomic E-state index is 0. The predicted molar refractivity (Wildman–Crippen MR) is 47.7 cm³/mol. The summed E-state index contributed by atoms with van der Waals surface area (Å²) in [5, 5.41) is 0. The molecule has 2 heteroatoms. The molecule has 0 N–H and O–H groups in total. The van der Waals surface area contributed by atoms with Crippen LogP contribution in [0.5, 0.6) is 0 Å². The molecular formula is C10H16KN. The molecular weight excluding hydrogens is 173 g/mol. The monoisotopic (exact) mass is 189 g/mol. The normalized spacial score (nSPS) is 19.7. The second kappa shape index (κ2) is 7.55. The van der Waals surface area contributed by atoms with E-state index in [9.17, 15) is 0 Å². The van der Waals surface area contributed by atoms with Crippen molar-refractivity contribution in [3.63, 3.8) is 0 Å². The van der Waals surface area contributed by atoms with Crippen LogP contribution in [0.1, 0.15) is 25.7 Å². The second-order valence-electron chi connectivity index (χ2n) is 3.30. The summed E-state index contributed by atoms with van der Waals surface area (Å²) in [7, 11) is 3.91. The Balaban J connectivity index is 0.00000121. The Morgan fingerprint density at radius 1 is 1.42 bits per heavy atom. The smallest absolute Gasteiger partial charge is 0.459 e. The van der Waals surface area contributed by atoms with Gasteiger partial charge in [-0.05, 0) is 38.3 Å². The van der Waals surface area contributed by atoms with Crippen LogP contribution in [-0.2, 0) is 0 Å². The van der Waals surface area contributed by atoms with E-state index in [0.717, 1.165) is 25.4 Å². The topological polar surface area (TPSA) is 3.24 Å². The molecule has 0 unspecified atom stereocenters. The first-order valence-corrected chi connectivity index (χ1v) is 4.32. The number of hydrogen-bond acceptors (Lipinski definition) is 1. The third-order valence-electron chi connectivity index (χ3n) is 2.40. The van der Waals surface area contributed by atoms with Crippen molar-refractivity contribution in [2.24, 2.45) is 5.92 Å². The van der Waals surface area contributed by atoms with Crippen molar-refractivity contribution in [2.45, 2.75) is 25.7 Å². The van der Waals surface area contributed by atoms with Gasteiger partial charge >= 0.3 is 51.4 Å². The Morgan fingerprint density at radius 2 is 2.00 bits per heavy atom. The molecule has 1 saturated heterocycles. The molecule has 0 bridgehead atoms. The summed E-state index contributed by atoms with van der Waals surface area (Å²) in [5.74, 6) is 3.56. The molecule has 1 rings (SSSR count). The number of nitrogens with zero attached hydrogens (tertiary/aromatic N) is 1. The van der Waals surface area contributed by atoms with Gasteiger partial charge in [-0.15, -0.1) is 12.3 Å². The summed E-state index contributed by atoms with van der Waals surface area (Å²) in [5.41, 5.74) is 0. The molecule has 0 atom stereocenters. The van der Waals surface area contributed by atoms with E-state index in [4.69, 9.17) is 6.42 Å². The molecule has 1 aliphatic rings. The largest absolute Gasteiger partial charge is 1.00 e. The van der Waals surface area contributed by atoms with Crippen LogP contribution in [0.2, 0.25) is 0 Å². The van der Waals surface area contributed by atoms with E-state index in [0.29, 0.717) is 0 Å². The van der Waals surface area contributed by atoms with Gasteiger partial charge in [0.2, 0.25) is 0 Å². The van der Waals surface area contributed by atoms with Crippen molar-refractivity contribution in [3.8, 4) is 12.3 Å². The molecule has 0 aromatic heterocycles. The number of rotatable bonds is 2. The van der Waals surface area contributed by atoms with E-state index >= 15 is 0 Å². The Kier molecular flexibility index (Phi) is 8.28. The average Bonchev–Trinajstić information content (AvgIpc) is 2.04. The van der Waals surface area contributed by atoms with E-state index < -0.39 is 0 Å². The standard InChI is InChI=1S/C10H16N.K/c1-3-4-5-10-6-8-11(2)9-7-10;/h1,10H,2,4-9H2;/q-1;+1. The summed E-state index contributed by atoms with van der Waals surface area (Å²) < 4.78 is 0. The van der Waals surface area contributed by atoms with Crippen LogP contribution in [0.4, 0.5) is 0 Å². The van der Waals surface area contributed by atoms with E-state index in [1.54, 1.807) is 0 Å². The predicted octanol–water partition coefficient (Wildman–Crippen LogP) is -1.09. The number of piperidine rings is 1. The van der Waals surface area contributed by atoms with Gasteiger partial charge in [-0.25, -0.2) is 0 Å². The SMILES string of the molecule is C#CCCC1CCN([CH2-])CC1.[K+]. The number of terminal acetylenes is 1. The number of hydrogen-bond donors (Lipinski definition) is 0. The molecule has 12 heavy (non-hydrogen) atoms. The molecule has 1 nitrogen and oxygen atoms in total. The Labute approximate surface area is 119 Å². The maximum atomic E-state index is 5.20. The van der Waals surface area contributed by atoms with Crippen molar-refractivity contribution >= 4 is 0 Å². The molecule has 1 fully saturated rings. The van der Waals surface area contributed by atoms with Crippen molar-refractivity contribution in [2.75, 3.05) is 13.1 Å². The van der Waals surface area contributed by atoms with E-state index in [1.165, 1.54) is 19.3 Å². The van der Waals surface area contributed by atoms with Crippen LogP contribution in [0.15, 0.2) is 0 Å². The van der Waals surface area contributed by atoms with Crippen LogP contribution in [0.25, 0.3) is 0 Å². The maximum Gasteiger partial charge on any atom is 1.00 e. The summed E-state index contributed by atoms with van der Waals surface area (Å²) in [6.07, 6.45) is 9.92. The summed E-state index contributed by atoms with van der Waals surface area (Å²) in [6, 6.07) is 0. The molecule has 1 heterocycles. The van der Waals surface area contributed by atoms with Gasteiger partial charge in [-0.1, -0.05) is 0 Å². The minimum atomic E-state index is 0. The quantitative estimate of drug-likeness (QED) is 0.303. The van der Waals surface area contributed by atoms with E-state index in [2.05, 4.69) is 17.9 Å². The fourth-order valence-electron chi connectivity index (χ4n) is 1.56. The molecule has 0 aromatic rings. The molecule has 0 aromatic carbocycles. The van der Waals surface area contributed by atoms with Gasteiger partial charge in [0.05, 0.1) is 0 Å². The van der Waals surface area contributed by atoms with Crippen LogP contribution in [0, 0.1) is 25.3 Å². The molecule has 0 saturated carbocycles. The zero-order chi connectivity index (χ0) is 8.10. The molecule has 0 spiro atoms. The third-order valence-corrected chi connectivity index (χ3v) is 2.40. The maximum absolute atomic E-state index is 5.20. The van der Waals surface area contributed by atoms with Crippen molar-refractivity contribution in [3.05, 3.63) is 7.05 Å². The van der Waals surface area contributed by atoms with Gasteiger partial charge in [0, 0.05) is 6.42 Å². The average molecular weight is 189 g/mol. The first-order valence-electron chi connectivity index (χ1n) is 4.32. The van der Waals surface area contributed by atoms with Crippen LogP contribution in [0.3, 0.4) is 0 Å².